The van der Waals surface area contributed by atoms with E-state index in [4.69, 9.17) is 4.74 Å². The minimum Gasteiger partial charge on any atom is -0.465 e. The number of hydrogen-bond acceptors (Lipinski definition) is 4. The van der Waals surface area contributed by atoms with E-state index in [1.807, 2.05) is 0 Å². The molecule has 0 unspecified atom stereocenters. The number of rotatable bonds is 4. The van der Waals surface area contributed by atoms with Crippen LogP contribution in [0.25, 0.3) is 0 Å². The first-order valence-electron chi connectivity index (χ1n) is 8.25. The van der Waals surface area contributed by atoms with E-state index in [0.717, 1.165) is 11.3 Å². The monoisotopic (exact) mass is 350 g/mol. The molecule has 1 heterocycles. The molecule has 1 fully saturated rings. The molecule has 1 aliphatic heterocycles. The first-order valence-corrected chi connectivity index (χ1v) is 9.30. The molecule has 0 aliphatic carbocycles. The molecule has 5 nitrogen and oxygen atoms in total. The number of urea groups is 1. The molecule has 1 atom stereocenters. The first-order chi connectivity index (χ1) is 11.3. The molecule has 1 saturated heterocycles. The van der Waals surface area contributed by atoms with Crippen molar-refractivity contribution in [2.24, 2.45) is 0 Å². The predicted molar refractivity (Wildman–Crippen MR) is 97.1 cm³/mol. The van der Waals surface area contributed by atoms with Crippen LogP contribution in [0.15, 0.2) is 24.3 Å². The number of amides is 2. The third kappa shape index (κ3) is 4.66. The highest BCUT2D eigenvalue weighted by molar-refractivity contribution is 7.99. The number of thioether (sulfide) groups is 1. The van der Waals surface area contributed by atoms with E-state index in [2.05, 4.69) is 50.4 Å². The minimum atomic E-state index is -0.413. The van der Waals surface area contributed by atoms with Crippen molar-refractivity contribution in [1.82, 2.24) is 10.2 Å². The fraction of sp³-hybridized carbons (Fsp3) is 0.556. The summed E-state index contributed by atoms with van der Waals surface area (Å²) >= 11 is 1.74. The van der Waals surface area contributed by atoms with Gasteiger partial charge in [0.15, 0.2) is 0 Å². The average Bonchev–Trinajstić information content (AvgIpc) is 3.02. The summed E-state index contributed by atoms with van der Waals surface area (Å²) in [6.07, 6.45) is 0. The Morgan fingerprint density at radius 2 is 1.96 bits per heavy atom. The van der Waals surface area contributed by atoms with Gasteiger partial charge in [0, 0.05) is 12.3 Å². The van der Waals surface area contributed by atoms with Gasteiger partial charge in [-0.25, -0.2) is 4.79 Å². The maximum atomic E-state index is 12.4. The molecule has 0 saturated carbocycles. The van der Waals surface area contributed by atoms with Crippen molar-refractivity contribution < 1.29 is 14.3 Å². The molecule has 24 heavy (non-hydrogen) atoms. The summed E-state index contributed by atoms with van der Waals surface area (Å²) in [5.74, 6) is 0.474. The molecule has 0 aromatic heterocycles. The lowest BCUT2D eigenvalue weighted by atomic mass is 9.87. The maximum absolute atomic E-state index is 12.4. The van der Waals surface area contributed by atoms with Crippen molar-refractivity contribution in [3.05, 3.63) is 35.4 Å². The summed E-state index contributed by atoms with van der Waals surface area (Å²) in [6, 6.07) is 8.22. The molecule has 1 N–H and O–H groups in total. The fourth-order valence-corrected chi connectivity index (χ4v) is 3.82. The Kier molecular flexibility index (Phi) is 6.15. The van der Waals surface area contributed by atoms with Crippen LogP contribution in [-0.4, -0.2) is 42.3 Å². The quantitative estimate of drug-likeness (QED) is 0.847. The smallest absolute Gasteiger partial charge is 0.325 e. The Morgan fingerprint density at radius 3 is 2.54 bits per heavy atom. The molecule has 0 spiro atoms. The molecule has 6 heteroatoms. The van der Waals surface area contributed by atoms with E-state index in [1.54, 1.807) is 23.6 Å². The van der Waals surface area contributed by atoms with Gasteiger partial charge in [-0.05, 0) is 23.5 Å². The second-order valence-corrected chi connectivity index (χ2v) is 7.94. The van der Waals surface area contributed by atoms with Crippen LogP contribution in [0.1, 0.15) is 44.2 Å². The summed E-state index contributed by atoms with van der Waals surface area (Å²) in [7, 11) is 0. The van der Waals surface area contributed by atoms with Crippen LogP contribution in [0.2, 0.25) is 0 Å². The van der Waals surface area contributed by atoms with Crippen LogP contribution in [0.3, 0.4) is 0 Å². The number of carbonyl (C=O) groups is 2. The average molecular weight is 350 g/mol. The number of esters is 1. The van der Waals surface area contributed by atoms with Crippen LogP contribution in [0.5, 0.6) is 0 Å². The molecule has 1 aromatic rings. The second kappa shape index (κ2) is 7.92. The molecular weight excluding hydrogens is 324 g/mol. The van der Waals surface area contributed by atoms with Gasteiger partial charge in [0.1, 0.15) is 11.9 Å². The number of benzene rings is 1. The number of hydrogen-bond donors (Lipinski definition) is 1. The van der Waals surface area contributed by atoms with E-state index in [-0.39, 0.29) is 23.4 Å². The van der Waals surface area contributed by atoms with E-state index in [1.165, 1.54) is 5.56 Å². The highest BCUT2D eigenvalue weighted by Crippen LogP contribution is 2.38. The zero-order chi connectivity index (χ0) is 17.7. The lowest BCUT2D eigenvalue weighted by Gasteiger charge is -2.25. The SMILES string of the molecule is CCOC(=O)CNC(=O)N1CCS[C@H]1c1ccc(C(C)(C)C)cc1. The van der Waals surface area contributed by atoms with Gasteiger partial charge in [0.25, 0.3) is 0 Å². The van der Waals surface area contributed by atoms with Crippen molar-refractivity contribution in [3.63, 3.8) is 0 Å². The Morgan fingerprint density at radius 1 is 1.29 bits per heavy atom. The van der Waals surface area contributed by atoms with Gasteiger partial charge in [-0.2, -0.15) is 0 Å². The van der Waals surface area contributed by atoms with Gasteiger partial charge in [-0.3, -0.25) is 4.79 Å². The van der Waals surface area contributed by atoms with Crippen molar-refractivity contribution in [1.29, 1.82) is 0 Å². The Bertz CT molecular complexity index is 581. The van der Waals surface area contributed by atoms with Crippen molar-refractivity contribution in [3.8, 4) is 0 Å². The van der Waals surface area contributed by atoms with E-state index in [9.17, 15) is 9.59 Å². The summed E-state index contributed by atoms with van der Waals surface area (Å²) in [5.41, 5.74) is 2.49. The van der Waals surface area contributed by atoms with Crippen molar-refractivity contribution in [2.75, 3.05) is 25.4 Å². The number of nitrogens with one attached hydrogen (secondary N) is 1. The van der Waals surface area contributed by atoms with Gasteiger partial charge in [-0.15, -0.1) is 11.8 Å². The summed E-state index contributed by atoms with van der Waals surface area (Å²) in [5, 5.41) is 2.63. The zero-order valence-corrected chi connectivity index (χ0v) is 15.6. The van der Waals surface area contributed by atoms with Gasteiger partial charge >= 0.3 is 12.0 Å². The lowest BCUT2D eigenvalue weighted by molar-refractivity contribution is -0.141. The van der Waals surface area contributed by atoms with Crippen LogP contribution in [-0.2, 0) is 14.9 Å². The molecule has 132 valence electrons. The molecule has 1 aliphatic rings. The third-order valence-corrected chi connectivity index (χ3v) is 5.16. The largest absolute Gasteiger partial charge is 0.465 e. The van der Waals surface area contributed by atoms with Crippen LogP contribution in [0, 0.1) is 0 Å². The van der Waals surface area contributed by atoms with E-state index in [0.29, 0.717) is 13.2 Å². The Balaban J connectivity index is 2.02. The number of nitrogens with zero attached hydrogens (tertiary/aromatic N) is 1. The number of ether oxygens (including phenoxy) is 1. The van der Waals surface area contributed by atoms with Gasteiger partial charge < -0.3 is 15.0 Å². The van der Waals surface area contributed by atoms with Gasteiger partial charge in [0.2, 0.25) is 0 Å². The van der Waals surface area contributed by atoms with Crippen LogP contribution < -0.4 is 5.32 Å². The van der Waals surface area contributed by atoms with Gasteiger partial charge in [0.05, 0.1) is 6.61 Å². The van der Waals surface area contributed by atoms with Gasteiger partial charge in [-0.1, -0.05) is 45.0 Å². The normalized spacial score (nSPS) is 17.7. The standard InChI is InChI=1S/C18H26N2O3S/c1-5-23-15(21)12-19-17(22)20-10-11-24-16(20)13-6-8-14(9-7-13)18(2,3)4/h6-9,16H,5,10-12H2,1-4H3,(H,19,22)/t16-/m0/s1. The third-order valence-electron chi connectivity index (χ3n) is 3.90. The summed E-state index contributed by atoms with van der Waals surface area (Å²) < 4.78 is 4.83. The highest BCUT2D eigenvalue weighted by Gasteiger charge is 2.31. The summed E-state index contributed by atoms with van der Waals surface area (Å²) in [4.78, 5) is 25.5. The molecule has 1 aromatic carbocycles. The fourth-order valence-electron chi connectivity index (χ4n) is 2.56. The van der Waals surface area contributed by atoms with E-state index < -0.39 is 5.97 Å². The minimum absolute atomic E-state index is 0.0128. The molecule has 2 rings (SSSR count). The first kappa shape index (κ1) is 18.6. The predicted octanol–water partition coefficient (Wildman–Crippen LogP) is 3.30. The number of carbonyl (C=O) groups excluding carboxylic acids is 2. The van der Waals surface area contributed by atoms with Crippen molar-refractivity contribution >= 4 is 23.8 Å². The zero-order valence-electron chi connectivity index (χ0n) is 14.8. The van der Waals surface area contributed by atoms with E-state index >= 15 is 0 Å². The van der Waals surface area contributed by atoms with Crippen molar-refractivity contribution in [2.45, 2.75) is 38.5 Å². The molecule has 2 amide bonds. The Labute approximate surface area is 148 Å². The Hall–Kier alpha value is -1.69. The topological polar surface area (TPSA) is 58.6 Å². The summed E-state index contributed by atoms with van der Waals surface area (Å²) in [6.45, 7) is 9.18. The second-order valence-electron chi connectivity index (χ2n) is 6.75. The molecule has 0 bridgehead atoms. The lowest BCUT2D eigenvalue weighted by Crippen LogP contribution is -2.41. The maximum Gasteiger partial charge on any atom is 0.325 e. The molecule has 0 radical (unpaired) electrons. The molecular formula is C18H26N2O3S. The van der Waals surface area contributed by atoms with Crippen LogP contribution >= 0.6 is 11.8 Å². The van der Waals surface area contributed by atoms with Crippen LogP contribution in [0.4, 0.5) is 4.79 Å². The highest BCUT2D eigenvalue weighted by atomic mass is 32.2.